The topological polar surface area (TPSA) is 74.6 Å². The Morgan fingerprint density at radius 1 is 1.00 bits per heavy atom. The van der Waals surface area contributed by atoms with E-state index in [9.17, 15) is 9.59 Å². The van der Waals surface area contributed by atoms with Gasteiger partial charge in [0.25, 0.3) is 0 Å². The minimum Gasteiger partial charge on any atom is -0.481 e. The third-order valence-corrected chi connectivity index (χ3v) is 2.60. The summed E-state index contributed by atoms with van der Waals surface area (Å²) in [5.41, 5.74) is 0. The van der Waals surface area contributed by atoms with Crippen LogP contribution in [-0.2, 0) is 9.59 Å². The minimum atomic E-state index is -1.03. The van der Waals surface area contributed by atoms with E-state index in [0.29, 0.717) is 12.3 Å². The third-order valence-electron chi connectivity index (χ3n) is 2.60. The van der Waals surface area contributed by atoms with Crippen LogP contribution in [0.3, 0.4) is 0 Å². The second kappa shape index (κ2) is 11.1. The first-order valence-electron chi connectivity index (χ1n) is 5.88. The standard InChI is InChI=1S/C12H22O4.Na/c1-9(2)6-4-3-5-7-10(12(15)16)8-11(13)14;/h9-10H,3-8H2,1-2H3,(H,13,14)(H,15,16);. The van der Waals surface area contributed by atoms with Crippen molar-refractivity contribution in [3.8, 4) is 0 Å². The molecule has 95 valence electrons. The van der Waals surface area contributed by atoms with Crippen LogP contribution in [0.25, 0.3) is 0 Å². The van der Waals surface area contributed by atoms with Gasteiger partial charge in [0.15, 0.2) is 0 Å². The van der Waals surface area contributed by atoms with Crippen LogP contribution < -0.4 is 0 Å². The van der Waals surface area contributed by atoms with Gasteiger partial charge in [-0.1, -0.05) is 39.5 Å². The summed E-state index contributed by atoms with van der Waals surface area (Å²) >= 11 is 0. The summed E-state index contributed by atoms with van der Waals surface area (Å²) in [6.07, 6.45) is 4.24. The van der Waals surface area contributed by atoms with Crippen LogP contribution in [0.1, 0.15) is 52.4 Å². The number of hydrogen-bond acceptors (Lipinski definition) is 2. The van der Waals surface area contributed by atoms with Gasteiger partial charge in [-0.3, -0.25) is 9.59 Å². The molecule has 2 N–H and O–H groups in total. The van der Waals surface area contributed by atoms with E-state index in [2.05, 4.69) is 13.8 Å². The molecule has 1 unspecified atom stereocenters. The number of rotatable bonds is 9. The SMILES string of the molecule is CC(C)CCCCCC(CC(=O)O)C(=O)O.[Na]. The first kappa shape index (κ1) is 19.3. The zero-order chi connectivity index (χ0) is 12.6. The number of aliphatic carboxylic acids is 2. The van der Waals surface area contributed by atoms with Crippen molar-refractivity contribution in [2.45, 2.75) is 52.4 Å². The molecule has 0 aromatic heterocycles. The maximum atomic E-state index is 10.7. The Labute approximate surface area is 125 Å². The third kappa shape index (κ3) is 12.2. The first-order chi connectivity index (χ1) is 7.43. The normalized spacial score (nSPS) is 11.9. The van der Waals surface area contributed by atoms with Crippen LogP contribution in [0.5, 0.6) is 0 Å². The number of carboxylic acids is 2. The molecule has 0 aliphatic rings. The van der Waals surface area contributed by atoms with Gasteiger partial charge in [-0.2, -0.15) is 0 Å². The van der Waals surface area contributed by atoms with E-state index in [4.69, 9.17) is 10.2 Å². The Morgan fingerprint density at radius 2 is 1.53 bits per heavy atom. The van der Waals surface area contributed by atoms with Crippen LogP contribution in [0.2, 0.25) is 0 Å². The number of carbonyl (C=O) groups is 2. The smallest absolute Gasteiger partial charge is 0.307 e. The molecule has 0 saturated carbocycles. The van der Waals surface area contributed by atoms with Crippen LogP contribution >= 0.6 is 0 Å². The molecule has 0 saturated heterocycles. The maximum absolute atomic E-state index is 10.7. The monoisotopic (exact) mass is 253 g/mol. The number of hydrogen-bond donors (Lipinski definition) is 2. The minimum absolute atomic E-state index is 0. The fraction of sp³-hybridized carbons (Fsp3) is 0.833. The predicted octanol–water partition coefficient (Wildman–Crippen LogP) is 2.39. The molecule has 1 radical (unpaired) electrons. The van der Waals surface area contributed by atoms with Gasteiger partial charge >= 0.3 is 11.9 Å². The van der Waals surface area contributed by atoms with Crippen molar-refractivity contribution in [1.82, 2.24) is 0 Å². The van der Waals surface area contributed by atoms with E-state index in [1.54, 1.807) is 0 Å². The quantitative estimate of drug-likeness (QED) is 0.488. The molecule has 0 aliphatic carbocycles. The molecular formula is C12H22NaO4. The summed E-state index contributed by atoms with van der Waals surface area (Å²) in [6.45, 7) is 4.31. The molecule has 0 amide bonds. The van der Waals surface area contributed by atoms with Crippen molar-refractivity contribution in [3.05, 3.63) is 0 Å². The fourth-order valence-corrected chi connectivity index (χ4v) is 1.64. The van der Waals surface area contributed by atoms with E-state index in [-0.39, 0.29) is 36.0 Å². The predicted molar refractivity (Wildman–Crippen MR) is 67.1 cm³/mol. The molecule has 1 atom stereocenters. The molecule has 5 heteroatoms. The van der Waals surface area contributed by atoms with Crippen LogP contribution in [0.4, 0.5) is 0 Å². The average Bonchev–Trinajstić information content (AvgIpc) is 2.14. The zero-order valence-electron chi connectivity index (χ0n) is 11.1. The van der Waals surface area contributed by atoms with Gasteiger partial charge < -0.3 is 10.2 Å². The van der Waals surface area contributed by atoms with Gasteiger partial charge in [-0.15, -0.1) is 0 Å². The molecular weight excluding hydrogens is 231 g/mol. The van der Waals surface area contributed by atoms with E-state index in [1.165, 1.54) is 0 Å². The van der Waals surface area contributed by atoms with E-state index >= 15 is 0 Å². The Kier molecular flexibility index (Phi) is 12.5. The van der Waals surface area contributed by atoms with Crippen molar-refractivity contribution in [2.75, 3.05) is 0 Å². The van der Waals surface area contributed by atoms with E-state index in [0.717, 1.165) is 25.7 Å². The zero-order valence-corrected chi connectivity index (χ0v) is 13.1. The molecule has 0 heterocycles. The molecule has 0 spiro atoms. The summed E-state index contributed by atoms with van der Waals surface area (Å²) in [6, 6.07) is 0. The molecule has 0 aromatic rings. The molecule has 4 nitrogen and oxygen atoms in total. The summed E-state index contributed by atoms with van der Waals surface area (Å²) in [5.74, 6) is -2.08. The second-order valence-electron chi connectivity index (χ2n) is 4.66. The Hall–Kier alpha value is -0.0600. The van der Waals surface area contributed by atoms with Gasteiger partial charge in [0.05, 0.1) is 12.3 Å². The second-order valence-corrected chi connectivity index (χ2v) is 4.66. The fourth-order valence-electron chi connectivity index (χ4n) is 1.64. The van der Waals surface area contributed by atoms with Crippen LogP contribution in [0.15, 0.2) is 0 Å². The molecule has 0 fully saturated rings. The first-order valence-corrected chi connectivity index (χ1v) is 5.88. The summed E-state index contributed by atoms with van der Waals surface area (Å²) in [5, 5.41) is 17.3. The summed E-state index contributed by atoms with van der Waals surface area (Å²) in [7, 11) is 0. The molecule has 0 bridgehead atoms. The summed E-state index contributed by atoms with van der Waals surface area (Å²) in [4.78, 5) is 21.2. The van der Waals surface area contributed by atoms with Crippen molar-refractivity contribution in [3.63, 3.8) is 0 Å². The summed E-state index contributed by atoms with van der Waals surface area (Å²) < 4.78 is 0. The van der Waals surface area contributed by atoms with Crippen LogP contribution in [0, 0.1) is 11.8 Å². The van der Waals surface area contributed by atoms with Crippen molar-refractivity contribution < 1.29 is 19.8 Å². The van der Waals surface area contributed by atoms with Crippen molar-refractivity contribution >= 4 is 41.5 Å². The maximum Gasteiger partial charge on any atom is 0.307 e. The van der Waals surface area contributed by atoms with Gasteiger partial charge in [0.1, 0.15) is 0 Å². The van der Waals surface area contributed by atoms with Crippen molar-refractivity contribution in [2.24, 2.45) is 11.8 Å². The molecule has 0 rings (SSSR count). The number of unbranched alkanes of at least 4 members (excludes halogenated alkanes) is 2. The largest absolute Gasteiger partial charge is 0.481 e. The van der Waals surface area contributed by atoms with Gasteiger partial charge in [-0.25, -0.2) is 0 Å². The van der Waals surface area contributed by atoms with Gasteiger partial charge in [0.2, 0.25) is 0 Å². The number of carboxylic acid groups (broad SMARTS) is 2. The molecule has 17 heavy (non-hydrogen) atoms. The van der Waals surface area contributed by atoms with Crippen molar-refractivity contribution in [1.29, 1.82) is 0 Å². The molecule has 0 aromatic carbocycles. The Bertz CT molecular complexity index is 229. The van der Waals surface area contributed by atoms with Crippen LogP contribution in [-0.4, -0.2) is 51.7 Å². The Balaban J connectivity index is 0. The van der Waals surface area contributed by atoms with Gasteiger partial charge in [-0.05, 0) is 12.3 Å². The van der Waals surface area contributed by atoms with Gasteiger partial charge in [0, 0.05) is 29.6 Å². The average molecular weight is 253 g/mol. The molecule has 0 aliphatic heterocycles. The Morgan fingerprint density at radius 3 is 1.94 bits per heavy atom. The van der Waals surface area contributed by atoms with E-state index in [1.807, 2.05) is 0 Å². The van der Waals surface area contributed by atoms with E-state index < -0.39 is 17.9 Å².